The predicted octanol–water partition coefficient (Wildman–Crippen LogP) is 4.31. The van der Waals surface area contributed by atoms with Crippen molar-refractivity contribution in [3.63, 3.8) is 0 Å². The minimum absolute atomic E-state index is 0.00309. The van der Waals surface area contributed by atoms with Gasteiger partial charge in [-0.25, -0.2) is 5.01 Å². The van der Waals surface area contributed by atoms with E-state index in [1.54, 1.807) is 32.3 Å². The summed E-state index contributed by atoms with van der Waals surface area (Å²) in [6, 6.07) is 12.5. The zero-order chi connectivity index (χ0) is 25.7. The smallest absolute Gasteiger partial charge is 0.262 e. The van der Waals surface area contributed by atoms with Gasteiger partial charge < -0.3 is 19.1 Å². The number of carbonyl (C=O) groups is 2. The number of hydrazone groups is 1. The Balaban J connectivity index is 1.68. The fourth-order valence-electron chi connectivity index (χ4n) is 4.56. The van der Waals surface area contributed by atoms with Gasteiger partial charge in [-0.15, -0.1) is 0 Å². The fourth-order valence-corrected chi connectivity index (χ4v) is 4.80. The van der Waals surface area contributed by atoms with Gasteiger partial charge in [-0.1, -0.05) is 36.2 Å². The Morgan fingerprint density at radius 2 is 1.89 bits per heavy atom. The SMILES string of the molecule is COCCN(CC(=O)N1N=C(c2ccccc2Cl)CC1c1cc(OC)ccc1OC)C(=O)C1CCC1. The van der Waals surface area contributed by atoms with Gasteiger partial charge in [-0.05, 0) is 37.1 Å². The lowest BCUT2D eigenvalue weighted by Crippen LogP contribution is -2.46. The number of ether oxygens (including phenoxy) is 3. The topological polar surface area (TPSA) is 80.7 Å². The minimum atomic E-state index is -0.447. The van der Waals surface area contributed by atoms with Crippen molar-refractivity contribution >= 4 is 29.1 Å². The van der Waals surface area contributed by atoms with Crippen LogP contribution in [0.5, 0.6) is 11.5 Å². The molecule has 0 aromatic heterocycles. The number of hydrogen-bond donors (Lipinski definition) is 0. The Bertz CT molecular complexity index is 1130. The zero-order valence-electron chi connectivity index (χ0n) is 20.9. The van der Waals surface area contributed by atoms with E-state index in [-0.39, 0.29) is 24.3 Å². The largest absolute Gasteiger partial charge is 0.497 e. The Hall–Kier alpha value is -3.10. The summed E-state index contributed by atoms with van der Waals surface area (Å²) in [5.41, 5.74) is 2.23. The first kappa shape index (κ1) is 26.0. The van der Waals surface area contributed by atoms with Crippen molar-refractivity contribution in [1.29, 1.82) is 0 Å². The molecule has 0 N–H and O–H groups in total. The molecule has 1 unspecified atom stereocenters. The normalized spacial score (nSPS) is 17.4. The van der Waals surface area contributed by atoms with E-state index >= 15 is 0 Å². The lowest BCUT2D eigenvalue weighted by atomic mass is 9.84. The number of carbonyl (C=O) groups excluding carboxylic acids is 2. The Morgan fingerprint density at radius 3 is 2.53 bits per heavy atom. The maximum absolute atomic E-state index is 13.7. The predicted molar refractivity (Wildman–Crippen MR) is 138 cm³/mol. The number of rotatable bonds is 10. The molecule has 2 amide bonds. The molecule has 0 saturated heterocycles. The van der Waals surface area contributed by atoms with Crippen molar-refractivity contribution < 1.29 is 23.8 Å². The molecule has 4 rings (SSSR count). The molecule has 2 aromatic carbocycles. The van der Waals surface area contributed by atoms with E-state index in [4.69, 9.17) is 30.9 Å². The van der Waals surface area contributed by atoms with Crippen molar-refractivity contribution in [1.82, 2.24) is 9.91 Å². The van der Waals surface area contributed by atoms with Crippen molar-refractivity contribution in [3.05, 3.63) is 58.6 Å². The van der Waals surface area contributed by atoms with Crippen LogP contribution in [0.15, 0.2) is 47.6 Å². The van der Waals surface area contributed by atoms with E-state index in [0.29, 0.717) is 41.8 Å². The molecule has 36 heavy (non-hydrogen) atoms. The second kappa shape index (κ2) is 11.8. The first-order valence-corrected chi connectivity index (χ1v) is 12.5. The average molecular weight is 514 g/mol. The van der Waals surface area contributed by atoms with Crippen LogP contribution in [0.2, 0.25) is 5.02 Å². The molecule has 1 heterocycles. The molecule has 1 saturated carbocycles. The number of benzene rings is 2. The van der Waals surface area contributed by atoms with Gasteiger partial charge in [0.2, 0.25) is 5.91 Å². The van der Waals surface area contributed by atoms with E-state index in [2.05, 4.69) is 0 Å². The fraction of sp³-hybridized carbons (Fsp3) is 0.444. The first-order valence-electron chi connectivity index (χ1n) is 12.1. The molecule has 2 aliphatic rings. The molecule has 2 aromatic rings. The van der Waals surface area contributed by atoms with Crippen LogP contribution in [-0.4, -0.2) is 68.5 Å². The Labute approximate surface area is 216 Å². The third kappa shape index (κ3) is 5.50. The maximum Gasteiger partial charge on any atom is 0.262 e. The summed E-state index contributed by atoms with van der Waals surface area (Å²) >= 11 is 6.48. The van der Waals surface area contributed by atoms with Gasteiger partial charge in [-0.2, -0.15) is 5.10 Å². The number of amides is 2. The van der Waals surface area contributed by atoms with E-state index in [0.717, 1.165) is 30.4 Å². The minimum Gasteiger partial charge on any atom is -0.497 e. The molecular formula is C27H32ClN3O5. The third-order valence-electron chi connectivity index (χ3n) is 6.80. The molecule has 9 heteroatoms. The molecule has 0 radical (unpaired) electrons. The van der Waals surface area contributed by atoms with Crippen molar-refractivity contribution in [2.24, 2.45) is 11.0 Å². The lowest BCUT2D eigenvalue weighted by Gasteiger charge is -2.32. The number of nitrogens with zero attached hydrogens (tertiary/aromatic N) is 3. The molecule has 0 spiro atoms. The van der Waals surface area contributed by atoms with Crippen LogP contribution in [-0.2, 0) is 14.3 Å². The monoisotopic (exact) mass is 513 g/mol. The van der Waals surface area contributed by atoms with Crippen LogP contribution in [0.1, 0.15) is 42.9 Å². The van der Waals surface area contributed by atoms with E-state index in [1.807, 2.05) is 36.4 Å². The lowest BCUT2D eigenvalue weighted by molar-refractivity contribution is -0.146. The summed E-state index contributed by atoms with van der Waals surface area (Å²) in [6.45, 7) is 0.618. The van der Waals surface area contributed by atoms with Crippen LogP contribution in [0, 0.1) is 5.92 Å². The summed E-state index contributed by atoms with van der Waals surface area (Å²) in [6.07, 6.45) is 3.20. The van der Waals surface area contributed by atoms with Crippen molar-refractivity contribution in [3.8, 4) is 11.5 Å². The van der Waals surface area contributed by atoms with Gasteiger partial charge in [0, 0.05) is 42.1 Å². The van der Waals surface area contributed by atoms with Crippen molar-refractivity contribution in [2.75, 3.05) is 41.0 Å². The molecule has 1 atom stereocenters. The van der Waals surface area contributed by atoms with Crippen LogP contribution >= 0.6 is 11.6 Å². The third-order valence-corrected chi connectivity index (χ3v) is 7.13. The highest BCUT2D eigenvalue weighted by Gasteiger charge is 2.38. The highest BCUT2D eigenvalue weighted by atomic mass is 35.5. The van der Waals surface area contributed by atoms with Crippen molar-refractivity contribution in [2.45, 2.75) is 31.7 Å². The highest BCUT2D eigenvalue weighted by molar-refractivity contribution is 6.34. The number of hydrogen-bond acceptors (Lipinski definition) is 6. The number of methoxy groups -OCH3 is 3. The molecule has 192 valence electrons. The van der Waals surface area contributed by atoms with Gasteiger partial charge in [0.1, 0.15) is 18.0 Å². The maximum atomic E-state index is 13.7. The van der Waals surface area contributed by atoms with E-state index in [1.165, 1.54) is 5.01 Å². The van der Waals surface area contributed by atoms with Crippen LogP contribution in [0.4, 0.5) is 0 Å². The Morgan fingerprint density at radius 1 is 1.11 bits per heavy atom. The summed E-state index contributed by atoms with van der Waals surface area (Å²) in [4.78, 5) is 28.4. The molecule has 1 aliphatic heterocycles. The molecule has 1 fully saturated rings. The first-order chi connectivity index (χ1) is 17.5. The van der Waals surface area contributed by atoms with E-state index < -0.39 is 6.04 Å². The standard InChI is InChI=1S/C27H32ClN3O5/c1-34-14-13-30(27(33)18-7-6-8-18)17-26(32)31-24(21-15-19(35-2)11-12-25(21)36-3)16-23(29-31)20-9-4-5-10-22(20)28/h4-5,9-12,15,18,24H,6-8,13-14,16-17H2,1-3H3. The van der Waals surface area contributed by atoms with E-state index in [9.17, 15) is 9.59 Å². The van der Waals surface area contributed by atoms with Gasteiger partial charge in [-0.3, -0.25) is 9.59 Å². The van der Waals surface area contributed by atoms with Crippen LogP contribution in [0.25, 0.3) is 0 Å². The number of halogens is 1. The second-order valence-electron chi connectivity index (χ2n) is 8.97. The summed E-state index contributed by atoms with van der Waals surface area (Å²) in [7, 11) is 4.76. The Kier molecular flexibility index (Phi) is 8.48. The van der Waals surface area contributed by atoms with Gasteiger partial charge in [0.05, 0.1) is 32.6 Å². The van der Waals surface area contributed by atoms with Crippen LogP contribution < -0.4 is 9.47 Å². The van der Waals surface area contributed by atoms with Gasteiger partial charge in [0.15, 0.2) is 0 Å². The molecular weight excluding hydrogens is 482 g/mol. The molecule has 1 aliphatic carbocycles. The molecule has 0 bridgehead atoms. The highest BCUT2D eigenvalue weighted by Crippen LogP contribution is 2.40. The van der Waals surface area contributed by atoms with Crippen LogP contribution in [0.3, 0.4) is 0 Å². The van der Waals surface area contributed by atoms with Gasteiger partial charge >= 0.3 is 0 Å². The second-order valence-corrected chi connectivity index (χ2v) is 9.38. The van der Waals surface area contributed by atoms with Gasteiger partial charge in [0.25, 0.3) is 5.91 Å². The zero-order valence-corrected chi connectivity index (χ0v) is 21.7. The molecule has 8 nitrogen and oxygen atoms in total. The summed E-state index contributed by atoms with van der Waals surface area (Å²) in [5.74, 6) is 0.958. The average Bonchev–Trinajstić information content (AvgIpc) is 3.30. The quantitative estimate of drug-likeness (QED) is 0.473. The summed E-state index contributed by atoms with van der Waals surface area (Å²) in [5, 5.41) is 6.75. The summed E-state index contributed by atoms with van der Waals surface area (Å²) < 4.78 is 16.3.